The van der Waals surface area contributed by atoms with Gasteiger partial charge in [0.1, 0.15) is 5.00 Å². The van der Waals surface area contributed by atoms with E-state index in [0.717, 1.165) is 49.0 Å². The number of hydrogen-bond donors (Lipinski definition) is 1. The molecule has 1 saturated heterocycles. The van der Waals surface area contributed by atoms with E-state index in [4.69, 9.17) is 9.47 Å². The fourth-order valence-electron chi connectivity index (χ4n) is 7.36. The van der Waals surface area contributed by atoms with Crippen LogP contribution in [0.25, 0.3) is 0 Å². The van der Waals surface area contributed by atoms with Gasteiger partial charge in [-0.05, 0) is 92.9 Å². The molecule has 2 aromatic rings. The van der Waals surface area contributed by atoms with Crippen LogP contribution in [-0.4, -0.2) is 55.9 Å². The monoisotopic (exact) mass is 630 g/mol. The average Bonchev–Trinajstić information content (AvgIpc) is 3.40. The summed E-state index contributed by atoms with van der Waals surface area (Å²) in [6, 6.07) is 5.74. The molecule has 43 heavy (non-hydrogen) atoms. The molecule has 1 amide bonds. The maximum Gasteiger partial charge on any atom is 0.341 e. The van der Waals surface area contributed by atoms with E-state index < -0.39 is 34.0 Å². The highest BCUT2D eigenvalue weighted by atomic mass is 32.2. The van der Waals surface area contributed by atoms with Crippen LogP contribution in [0.5, 0.6) is 0 Å². The lowest BCUT2D eigenvalue weighted by Gasteiger charge is -2.39. The summed E-state index contributed by atoms with van der Waals surface area (Å²) in [5.41, 5.74) is 1.32. The van der Waals surface area contributed by atoms with Gasteiger partial charge in [0.2, 0.25) is 10.0 Å². The quantitative estimate of drug-likeness (QED) is 0.365. The van der Waals surface area contributed by atoms with Crippen LogP contribution in [0.4, 0.5) is 5.00 Å². The van der Waals surface area contributed by atoms with Crippen molar-refractivity contribution in [1.29, 1.82) is 0 Å². The third-order valence-corrected chi connectivity index (χ3v) is 12.0. The van der Waals surface area contributed by atoms with Crippen molar-refractivity contribution < 1.29 is 32.3 Å². The number of carbonyl (C=O) groups excluding carboxylic acids is 3. The number of ether oxygens (including phenoxy) is 2. The molecule has 9 nitrogen and oxygen atoms in total. The van der Waals surface area contributed by atoms with Crippen LogP contribution in [0.3, 0.4) is 0 Å². The van der Waals surface area contributed by atoms with Crippen LogP contribution < -0.4 is 5.32 Å². The second kappa shape index (κ2) is 11.6. The van der Waals surface area contributed by atoms with Crippen LogP contribution >= 0.6 is 11.3 Å². The van der Waals surface area contributed by atoms with E-state index in [0.29, 0.717) is 23.0 Å². The largest absolute Gasteiger partial charge is 0.462 e. The van der Waals surface area contributed by atoms with Crippen LogP contribution in [0.2, 0.25) is 0 Å². The van der Waals surface area contributed by atoms with E-state index >= 15 is 0 Å². The molecule has 4 atom stereocenters. The van der Waals surface area contributed by atoms with Crippen molar-refractivity contribution in [2.24, 2.45) is 16.7 Å². The Morgan fingerprint density at radius 2 is 1.91 bits per heavy atom. The number of fused-ring (bicyclic) bond motifs is 3. The summed E-state index contributed by atoms with van der Waals surface area (Å²) in [5.74, 6) is -1.40. The standard InChI is InChI=1S/C32H42N2O7S2/c1-7-40-30(37)26-24-12-11-19(2)13-25(24)42-28(26)33-27(35)20(3)41-29(36)21-9-8-10-23(14-21)43(38,39)34-18-32(6)16-22(34)15-31(4,5)17-32/h8-10,14,19-20,22H,7,11-13,15-18H2,1-6H3,(H,33,35). The molecule has 2 fully saturated rings. The van der Waals surface area contributed by atoms with Gasteiger partial charge in [-0.3, -0.25) is 4.79 Å². The lowest BCUT2D eigenvalue weighted by Crippen LogP contribution is -2.37. The maximum absolute atomic E-state index is 13.7. The lowest BCUT2D eigenvalue weighted by atomic mass is 9.65. The van der Waals surface area contributed by atoms with Gasteiger partial charge in [-0.1, -0.05) is 33.8 Å². The lowest BCUT2D eigenvalue weighted by molar-refractivity contribution is -0.123. The van der Waals surface area contributed by atoms with Gasteiger partial charge in [0.15, 0.2) is 6.10 Å². The molecule has 1 N–H and O–H groups in total. The molecule has 234 valence electrons. The number of amides is 1. The molecule has 1 saturated carbocycles. The molecule has 2 bridgehead atoms. The number of carbonyl (C=O) groups is 3. The number of thiophene rings is 1. The van der Waals surface area contributed by atoms with Crippen LogP contribution in [-0.2, 0) is 37.1 Å². The van der Waals surface area contributed by atoms with Crippen LogP contribution in [0.15, 0.2) is 29.2 Å². The van der Waals surface area contributed by atoms with Crippen molar-refractivity contribution in [2.45, 2.75) is 97.1 Å². The number of nitrogens with zero attached hydrogens (tertiary/aromatic N) is 1. The van der Waals surface area contributed by atoms with Crippen molar-refractivity contribution in [3.63, 3.8) is 0 Å². The Morgan fingerprint density at radius 1 is 1.16 bits per heavy atom. The zero-order valence-corrected chi connectivity index (χ0v) is 27.5. The summed E-state index contributed by atoms with van der Waals surface area (Å²) in [5, 5.41) is 3.18. The molecule has 2 heterocycles. The second-order valence-corrected chi connectivity index (χ2v) is 16.6. The zero-order chi connectivity index (χ0) is 31.3. The molecule has 3 aliphatic rings. The number of hydrogen-bond acceptors (Lipinski definition) is 8. The molecular weight excluding hydrogens is 588 g/mol. The molecule has 0 radical (unpaired) electrons. The van der Waals surface area contributed by atoms with Crippen molar-refractivity contribution in [3.05, 3.63) is 45.8 Å². The minimum absolute atomic E-state index is 0.0329. The van der Waals surface area contributed by atoms with E-state index in [-0.39, 0.29) is 33.9 Å². The Bertz CT molecular complexity index is 1550. The summed E-state index contributed by atoms with van der Waals surface area (Å²) < 4.78 is 39.8. The fourth-order valence-corrected chi connectivity index (χ4v) is 10.6. The highest BCUT2D eigenvalue weighted by molar-refractivity contribution is 7.89. The Balaban J connectivity index is 1.30. The topological polar surface area (TPSA) is 119 Å². The van der Waals surface area contributed by atoms with Crippen LogP contribution in [0, 0.1) is 16.7 Å². The van der Waals surface area contributed by atoms with E-state index in [9.17, 15) is 22.8 Å². The molecule has 4 unspecified atom stereocenters. The number of nitrogens with one attached hydrogen (secondary N) is 1. The first-order valence-corrected chi connectivity index (χ1v) is 17.3. The van der Waals surface area contributed by atoms with Gasteiger partial charge in [-0.25, -0.2) is 18.0 Å². The normalized spacial score (nSPS) is 25.4. The van der Waals surface area contributed by atoms with E-state index in [2.05, 4.69) is 33.0 Å². The summed E-state index contributed by atoms with van der Waals surface area (Å²) in [4.78, 5) is 40.1. The smallest absolute Gasteiger partial charge is 0.341 e. The highest BCUT2D eigenvalue weighted by Gasteiger charge is 2.53. The van der Waals surface area contributed by atoms with Gasteiger partial charge in [0.05, 0.1) is 22.6 Å². The molecule has 0 spiro atoms. The first kappa shape index (κ1) is 31.7. The van der Waals surface area contributed by atoms with Crippen molar-refractivity contribution in [3.8, 4) is 0 Å². The Hall–Kier alpha value is -2.76. The molecule has 1 aliphatic heterocycles. The van der Waals surface area contributed by atoms with Gasteiger partial charge in [-0.2, -0.15) is 4.31 Å². The highest BCUT2D eigenvalue weighted by Crippen LogP contribution is 2.53. The predicted octanol–water partition coefficient (Wildman–Crippen LogP) is 5.82. The SMILES string of the molecule is CCOC(=O)c1c(NC(=O)C(C)OC(=O)c2cccc(S(=O)(=O)N3CC4(C)CC3CC(C)(C)C4)c2)sc2c1CCC(C)C2. The number of sulfonamides is 1. The first-order chi connectivity index (χ1) is 20.1. The Labute approximate surface area is 258 Å². The number of anilines is 1. The van der Waals surface area contributed by atoms with Gasteiger partial charge in [-0.15, -0.1) is 11.3 Å². The predicted molar refractivity (Wildman–Crippen MR) is 165 cm³/mol. The fraction of sp³-hybridized carbons (Fsp3) is 0.594. The second-order valence-electron chi connectivity index (χ2n) is 13.6. The molecule has 2 aliphatic carbocycles. The van der Waals surface area contributed by atoms with Gasteiger partial charge in [0.25, 0.3) is 5.91 Å². The summed E-state index contributed by atoms with van der Waals surface area (Å²) in [7, 11) is -3.84. The van der Waals surface area contributed by atoms with E-state index in [1.807, 2.05) is 0 Å². The van der Waals surface area contributed by atoms with Crippen molar-refractivity contribution in [2.75, 3.05) is 18.5 Å². The van der Waals surface area contributed by atoms with E-state index in [1.165, 1.54) is 42.5 Å². The molecule has 5 rings (SSSR count). The molecule has 1 aromatic heterocycles. The van der Waals surface area contributed by atoms with Crippen LogP contribution in [0.1, 0.15) is 98.4 Å². The Morgan fingerprint density at radius 3 is 2.63 bits per heavy atom. The minimum Gasteiger partial charge on any atom is -0.462 e. The van der Waals surface area contributed by atoms with Gasteiger partial charge >= 0.3 is 11.9 Å². The maximum atomic E-state index is 13.7. The summed E-state index contributed by atoms with van der Waals surface area (Å²) in [6.07, 6.45) is 3.89. The molecule has 11 heteroatoms. The zero-order valence-electron chi connectivity index (χ0n) is 25.8. The Kier molecular flexibility index (Phi) is 8.56. The first-order valence-electron chi connectivity index (χ1n) is 15.1. The van der Waals surface area contributed by atoms with Crippen molar-refractivity contribution in [1.82, 2.24) is 4.31 Å². The van der Waals surface area contributed by atoms with Gasteiger partial charge in [0, 0.05) is 17.5 Å². The average molecular weight is 631 g/mol. The number of rotatable bonds is 8. The third kappa shape index (κ3) is 6.40. The summed E-state index contributed by atoms with van der Waals surface area (Å²) >= 11 is 1.36. The third-order valence-electron chi connectivity index (χ3n) is 8.92. The van der Waals surface area contributed by atoms with Crippen molar-refractivity contribution >= 4 is 44.2 Å². The molecule has 1 aromatic carbocycles. The summed E-state index contributed by atoms with van der Waals surface area (Å²) in [6.45, 7) is 12.5. The number of benzene rings is 1. The van der Waals surface area contributed by atoms with E-state index in [1.54, 1.807) is 11.2 Å². The number of esters is 2. The van der Waals surface area contributed by atoms with Gasteiger partial charge < -0.3 is 14.8 Å². The minimum atomic E-state index is -3.84. The molecular formula is C32H42N2O7S2.